The van der Waals surface area contributed by atoms with Crippen LogP contribution in [0.2, 0.25) is 0 Å². The Bertz CT molecular complexity index is 937. The molecule has 1 N–H and O–H groups in total. The lowest BCUT2D eigenvalue weighted by atomic mass is 10.3. The maximum atomic E-state index is 12.5. The molecule has 0 aliphatic carbocycles. The van der Waals surface area contributed by atoms with Gasteiger partial charge in [-0.25, -0.2) is 4.79 Å². The molecule has 2 aromatic carbocycles. The van der Waals surface area contributed by atoms with E-state index in [9.17, 15) is 9.59 Å². The molecule has 1 atom stereocenters. The molecule has 1 amide bonds. The molecule has 0 spiro atoms. The van der Waals surface area contributed by atoms with E-state index in [4.69, 9.17) is 4.74 Å². The third kappa shape index (κ3) is 4.80. The Kier molecular flexibility index (Phi) is 5.98. The zero-order valence-electron chi connectivity index (χ0n) is 15.1. The van der Waals surface area contributed by atoms with Gasteiger partial charge in [0.15, 0.2) is 6.10 Å². The first-order valence-corrected chi connectivity index (χ1v) is 9.31. The van der Waals surface area contributed by atoms with Crippen LogP contribution in [0.25, 0.3) is 0 Å². The molecule has 0 aliphatic heterocycles. The lowest BCUT2D eigenvalue weighted by molar-refractivity contribution is -0.123. The first kappa shape index (κ1) is 18.8. The summed E-state index contributed by atoms with van der Waals surface area (Å²) in [6.07, 6.45) is 0.834. The number of anilines is 1. The van der Waals surface area contributed by atoms with Crippen molar-refractivity contribution < 1.29 is 14.3 Å². The van der Waals surface area contributed by atoms with Crippen LogP contribution in [0, 0.1) is 0 Å². The maximum absolute atomic E-state index is 12.5. The number of benzene rings is 2. The summed E-state index contributed by atoms with van der Waals surface area (Å²) >= 11 is 1.56. The molecule has 1 aromatic heterocycles. The number of aryl methyl sites for hydroxylation is 1. The highest BCUT2D eigenvalue weighted by atomic mass is 32.2. The standard InChI is InChI=1S/C21H20N2O3S/c1-15(26-21(25)18-12-8-14-23(18)2)20(24)22-17-11-6-7-13-19(17)27-16-9-4-3-5-10-16/h3-15H,1-2H3,(H,22,24)/t15-/m0/s1. The average molecular weight is 380 g/mol. The second-order valence-corrected chi connectivity index (χ2v) is 7.07. The Morgan fingerprint density at radius 3 is 2.41 bits per heavy atom. The van der Waals surface area contributed by atoms with E-state index in [-0.39, 0.29) is 5.91 Å². The average Bonchev–Trinajstić information content (AvgIpc) is 3.10. The third-order valence-corrected chi connectivity index (χ3v) is 5.01. The van der Waals surface area contributed by atoms with Crippen molar-refractivity contribution >= 4 is 29.3 Å². The number of para-hydroxylation sites is 1. The van der Waals surface area contributed by atoms with Gasteiger partial charge < -0.3 is 14.6 Å². The fourth-order valence-corrected chi connectivity index (χ4v) is 3.38. The Labute approximate surface area is 162 Å². The minimum atomic E-state index is -0.915. The number of nitrogens with zero attached hydrogens (tertiary/aromatic N) is 1. The van der Waals surface area contributed by atoms with Crippen LogP contribution in [0.4, 0.5) is 5.69 Å². The number of hydrogen-bond acceptors (Lipinski definition) is 4. The van der Waals surface area contributed by atoms with Gasteiger partial charge in [-0.15, -0.1) is 0 Å². The molecule has 0 unspecified atom stereocenters. The van der Waals surface area contributed by atoms with Gasteiger partial charge in [0, 0.05) is 23.0 Å². The molecule has 27 heavy (non-hydrogen) atoms. The molecule has 0 saturated carbocycles. The number of hydrogen-bond donors (Lipinski definition) is 1. The van der Waals surface area contributed by atoms with Crippen molar-refractivity contribution in [2.45, 2.75) is 22.8 Å². The number of ether oxygens (including phenoxy) is 1. The molecular weight excluding hydrogens is 360 g/mol. The van der Waals surface area contributed by atoms with Crippen LogP contribution in [0.15, 0.2) is 82.7 Å². The Hall–Kier alpha value is -2.99. The van der Waals surface area contributed by atoms with Crippen molar-refractivity contribution in [1.82, 2.24) is 4.57 Å². The molecular formula is C21H20N2O3S. The molecule has 3 aromatic rings. The minimum absolute atomic E-state index is 0.376. The summed E-state index contributed by atoms with van der Waals surface area (Å²) in [4.78, 5) is 26.7. The van der Waals surface area contributed by atoms with Crippen molar-refractivity contribution in [3.05, 3.63) is 78.6 Å². The predicted molar refractivity (Wildman–Crippen MR) is 106 cm³/mol. The normalized spacial score (nSPS) is 11.6. The fraction of sp³-hybridized carbons (Fsp3) is 0.143. The summed E-state index contributed by atoms with van der Waals surface area (Å²) < 4.78 is 6.94. The van der Waals surface area contributed by atoms with E-state index >= 15 is 0 Å². The molecule has 5 nitrogen and oxygen atoms in total. The van der Waals surface area contributed by atoms with Gasteiger partial charge in [0.25, 0.3) is 5.91 Å². The highest BCUT2D eigenvalue weighted by molar-refractivity contribution is 7.99. The Morgan fingerprint density at radius 1 is 1.00 bits per heavy atom. The number of esters is 1. The van der Waals surface area contributed by atoms with Gasteiger partial charge in [-0.1, -0.05) is 42.1 Å². The maximum Gasteiger partial charge on any atom is 0.355 e. The molecule has 138 valence electrons. The van der Waals surface area contributed by atoms with Gasteiger partial charge in [0.1, 0.15) is 5.69 Å². The van der Waals surface area contributed by atoms with E-state index in [0.717, 1.165) is 9.79 Å². The summed E-state index contributed by atoms with van der Waals surface area (Å²) in [6, 6.07) is 20.8. The lowest BCUT2D eigenvalue weighted by Crippen LogP contribution is -2.30. The van der Waals surface area contributed by atoms with Crippen molar-refractivity contribution in [2.24, 2.45) is 7.05 Å². The zero-order chi connectivity index (χ0) is 19.2. The van der Waals surface area contributed by atoms with E-state index < -0.39 is 12.1 Å². The smallest absolute Gasteiger partial charge is 0.355 e. The molecule has 3 rings (SSSR count). The van der Waals surface area contributed by atoms with Crippen molar-refractivity contribution in [2.75, 3.05) is 5.32 Å². The third-order valence-electron chi connectivity index (χ3n) is 3.92. The van der Waals surface area contributed by atoms with Crippen LogP contribution in [-0.4, -0.2) is 22.5 Å². The first-order valence-electron chi connectivity index (χ1n) is 8.49. The summed E-state index contributed by atoms with van der Waals surface area (Å²) in [5.41, 5.74) is 1.08. The number of carbonyl (C=O) groups is 2. The summed E-state index contributed by atoms with van der Waals surface area (Å²) in [5.74, 6) is -0.907. The Morgan fingerprint density at radius 2 is 1.70 bits per heavy atom. The number of nitrogens with one attached hydrogen (secondary N) is 1. The van der Waals surface area contributed by atoms with E-state index in [1.54, 1.807) is 48.6 Å². The minimum Gasteiger partial charge on any atom is -0.448 e. The molecule has 0 bridgehead atoms. The topological polar surface area (TPSA) is 60.3 Å². The van der Waals surface area contributed by atoms with E-state index in [0.29, 0.717) is 11.4 Å². The van der Waals surface area contributed by atoms with Gasteiger partial charge in [-0.2, -0.15) is 0 Å². The van der Waals surface area contributed by atoms with Crippen LogP contribution in [0.3, 0.4) is 0 Å². The molecule has 0 saturated heterocycles. The van der Waals surface area contributed by atoms with E-state index in [1.807, 2.05) is 54.6 Å². The number of amides is 1. The number of rotatable bonds is 6. The molecule has 6 heteroatoms. The van der Waals surface area contributed by atoms with Crippen LogP contribution < -0.4 is 5.32 Å². The second-order valence-electron chi connectivity index (χ2n) is 5.95. The fourth-order valence-electron chi connectivity index (χ4n) is 2.46. The Balaban J connectivity index is 1.67. The predicted octanol–water partition coefficient (Wildman–Crippen LogP) is 4.36. The van der Waals surface area contributed by atoms with Gasteiger partial charge in [0.2, 0.25) is 0 Å². The van der Waals surface area contributed by atoms with Crippen LogP contribution in [0.5, 0.6) is 0 Å². The van der Waals surface area contributed by atoms with Crippen LogP contribution >= 0.6 is 11.8 Å². The SMILES string of the molecule is C[C@H](OC(=O)c1cccn1C)C(=O)Nc1ccccc1Sc1ccccc1. The number of aromatic nitrogens is 1. The molecule has 0 aliphatic rings. The van der Waals surface area contributed by atoms with Crippen LogP contribution in [-0.2, 0) is 16.6 Å². The quantitative estimate of drug-likeness (QED) is 0.646. The number of carbonyl (C=O) groups excluding carboxylic acids is 2. The van der Waals surface area contributed by atoms with Crippen molar-refractivity contribution in [1.29, 1.82) is 0 Å². The lowest BCUT2D eigenvalue weighted by Gasteiger charge is -2.15. The monoisotopic (exact) mass is 380 g/mol. The molecule has 0 fully saturated rings. The van der Waals surface area contributed by atoms with Gasteiger partial charge in [0.05, 0.1) is 5.69 Å². The summed E-state index contributed by atoms with van der Waals surface area (Å²) in [6.45, 7) is 1.56. The van der Waals surface area contributed by atoms with Gasteiger partial charge in [-0.05, 0) is 43.3 Å². The van der Waals surface area contributed by atoms with E-state index in [2.05, 4.69) is 5.32 Å². The van der Waals surface area contributed by atoms with Gasteiger partial charge >= 0.3 is 5.97 Å². The first-order chi connectivity index (χ1) is 13.0. The largest absolute Gasteiger partial charge is 0.448 e. The van der Waals surface area contributed by atoms with E-state index in [1.165, 1.54) is 0 Å². The van der Waals surface area contributed by atoms with Gasteiger partial charge in [-0.3, -0.25) is 4.79 Å². The summed E-state index contributed by atoms with van der Waals surface area (Å²) in [5, 5.41) is 2.85. The summed E-state index contributed by atoms with van der Waals surface area (Å²) in [7, 11) is 1.75. The highest BCUT2D eigenvalue weighted by Crippen LogP contribution is 2.33. The van der Waals surface area contributed by atoms with Crippen molar-refractivity contribution in [3.63, 3.8) is 0 Å². The second kappa shape index (κ2) is 8.60. The highest BCUT2D eigenvalue weighted by Gasteiger charge is 2.21. The van der Waals surface area contributed by atoms with Crippen molar-refractivity contribution in [3.8, 4) is 0 Å². The zero-order valence-corrected chi connectivity index (χ0v) is 15.9. The molecule has 1 heterocycles. The molecule has 0 radical (unpaired) electrons. The van der Waals surface area contributed by atoms with Crippen LogP contribution in [0.1, 0.15) is 17.4 Å².